The third-order valence-electron chi connectivity index (χ3n) is 5.93. The van der Waals surface area contributed by atoms with Crippen molar-refractivity contribution in [3.63, 3.8) is 0 Å². The van der Waals surface area contributed by atoms with Crippen LogP contribution in [0.1, 0.15) is 24.8 Å². The van der Waals surface area contributed by atoms with Gasteiger partial charge in [-0.1, -0.05) is 24.3 Å². The summed E-state index contributed by atoms with van der Waals surface area (Å²) in [5.74, 6) is 0.799. The molecule has 0 bridgehead atoms. The number of hydrogen-bond acceptors (Lipinski definition) is 5. The van der Waals surface area contributed by atoms with Gasteiger partial charge in [0.05, 0.1) is 19.3 Å². The van der Waals surface area contributed by atoms with Crippen LogP contribution < -0.4 is 4.74 Å². The molecule has 156 valence electrons. The molecule has 5 nitrogen and oxygen atoms in total. The third-order valence-corrected chi connectivity index (χ3v) is 5.93. The fourth-order valence-corrected chi connectivity index (χ4v) is 4.17. The molecule has 0 spiro atoms. The Hall–Kier alpha value is -1.92. The van der Waals surface area contributed by atoms with Gasteiger partial charge >= 0.3 is 0 Å². The highest BCUT2D eigenvalue weighted by atomic mass is 16.5. The Morgan fingerprint density at radius 3 is 2.69 bits per heavy atom. The second-order valence-corrected chi connectivity index (χ2v) is 7.98. The van der Waals surface area contributed by atoms with Crippen LogP contribution in [0.4, 0.5) is 0 Å². The van der Waals surface area contributed by atoms with Crippen molar-refractivity contribution in [2.45, 2.75) is 31.5 Å². The van der Waals surface area contributed by atoms with Gasteiger partial charge in [0.15, 0.2) is 0 Å². The van der Waals surface area contributed by atoms with Crippen LogP contribution in [0, 0.1) is 0 Å². The van der Waals surface area contributed by atoms with Gasteiger partial charge in [-0.05, 0) is 59.4 Å². The number of piperidine rings is 1. The number of ether oxygens (including phenoxy) is 3. The lowest BCUT2D eigenvalue weighted by Gasteiger charge is -2.32. The van der Waals surface area contributed by atoms with Gasteiger partial charge in [0.2, 0.25) is 0 Å². The molecule has 29 heavy (non-hydrogen) atoms. The fourth-order valence-electron chi connectivity index (χ4n) is 4.17. The zero-order chi connectivity index (χ0) is 20.1. The average Bonchev–Trinajstić information content (AvgIpc) is 2.78. The number of benzene rings is 2. The molecule has 0 radical (unpaired) electrons. The molecule has 2 aromatic carbocycles. The Morgan fingerprint density at radius 2 is 1.93 bits per heavy atom. The van der Waals surface area contributed by atoms with Crippen molar-refractivity contribution >= 4 is 16.3 Å². The minimum absolute atomic E-state index is 0.306. The van der Waals surface area contributed by atoms with Crippen LogP contribution in [-0.4, -0.2) is 68.8 Å². The van der Waals surface area contributed by atoms with Gasteiger partial charge < -0.3 is 24.2 Å². The second kappa shape index (κ2) is 9.72. The number of likely N-dealkylation sites (tertiary alicyclic amines) is 1. The number of nitrogens with zero attached hydrogens (tertiary/aromatic N) is 1. The Morgan fingerprint density at radius 1 is 1.14 bits per heavy atom. The smallest absolute Gasteiger partial charge is 0.120 e. The molecule has 1 atom stereocenters. The lowest BCUT2D eigenvalue weighted by molar-refractivity contribution is 0.0153. The molecule has 4 rings (SSSR count). The maximum atomic E-state index is 10.4. The van der Waals surface area contributed by atoms with E-state index in [1.54, 1.807) is 7.11 Å². The molecular formula is C24H31NO4. The van der Waals surface area contributed by atoms with E-state index >= 15 is 0 Å². The van der Waals surface area contributed by atoms with E-state index in [1.165, 1.54) is 16.5 Å². The monoisotopic (exact) mass is 397 g/mol. The van der Waals surface area contributed by atoms with E-state index in [1.807, 2.05) is 12.1 Å². The topological polar surface area (TPSA) is 51.2 Å². The van der Waals surface area contributed by atoms with Crippen molar-refractivity contribution in [1.82, 2.24) is 4.90 Å². The predicted molar refractivity (Wildman–Crippen MR) is 115 cm³/mol. The first kappa shape index (κ1) is 20.4. The number of fused-ring (bicyclic) bond motifs is 1. The third kappa shape index (κ3) is 5.37. The predicted octanol–water partition coefficient (Wildman–Crippen LogP) is 3.49. The van der Waals surface area contributed by atoms with Crippen LogP contribution >= 0.6 is 0 Å². The van der Waals surface area contributed by atoms with Crippen LogP contribution in [0.3, 0.4) is 0 Å². The maximum Gasteiger partial charge on any atom is 0.120 e. The van der Waals surface area contributed by atoms with E-state index in [0.717, 1.165) is 50.1 Å². The number of methoxy groups -OCH3 is 1. The number of hydrogen-bond donors (Lipinski definition) is 1. The van der Waals surface area contributed by atoms with Crippen molar-refractivity contribution in [3.8, 4) is 5.75 Å². The average molecular weight is 398 g/mol. The Balaban J connectivity index is 1.32. The molecule has 5 heteroatoms. The quantitative estimate of drug-likeness (QED) is 0.775. The number of aliphatic hydroxyl groups excluding tert-OH is 1. The minimum Gasteiger partial charge on any atom is -0.491 e. The summed E-state index contributed by atoms with van der Waals surface area (Å²) in [6.45, 7) is 4.38. The molecule has 2 aliphatic rings. The molecule has 1 fully saturated rings. The van der Waals surface area contributed by atoms with Gasteiger partial charge in [0, 0.05) is 26.7 Å². The van der Waals surface area contributed by atoms with Gasteiger partial charge in [-0.3, -0.25) is 0 Å². The van der Waals surface area contributed by atoms with Crippen molar-refractivity contribution in [3.05, 3.63) is 48.0 Å². The maximum absolute atomic E-state index is 10.4. The van der Waals surface area contributed by atoms with Crippen LogP contribution in [0.5, 0.6) is 5.75 Å². The van der Waals surface area contributed by atoms with E-state index in [2.05, 4.69) is 35.2 Å². The highest BCUT2D eigenvalue weighted by Gasteiger charge is 2.20. The fraction of sp³-hybridized carbons (Fsp3) is 0.500. The van der Waals surface area contributed by atoms with E-state index < -0.39 is 6.10 Å². The molecule has 0 saturated carbocycles. The zero-order valence-corrected chi connectivity index (χ0v) is 17.2. The van der Waals surface area contributed by atoms with Gasteiger partial charge in [0.25, 0.3) is 0 Å². The van der Waals surface area contributed by atoms with Crippen molar-refractivity contribution in [1.29, 1.82) is 0 Å². The molecular weight excluding hydrogens is 366 g/mol. The van der Waals surface area contributed by atoms with E-state index in [9.17, 15) is 5.11 Å². The summed E-state index contributed by atoms with van der Waals surface area (Å²) in [6, 6.07) is 12.7. The molecule has 0 amide bonds. The van der Waals surface area contributed by atoms with Gasteiger partial charge in [-0.15, -0.1) is 0 Å². The normalized spacial score (nSPS) is 19.9. The summed E-state index contributed by atoms with van der Waals surface area (Å²) in [5, 5.41) is 12.7. The molecule has 0 aromatic heterocycles. The van der Waals surface area contributed by atoms with Gasteiger partial charge in [-0.2, -0.15) is 0 Å². The van der Waals surface area contributed by atoms with Gasteiger partial charge in [0.1, 0.15) is 18.5 Å². The summed E-state index contributed by atoms with van der Waals surface area (Å²) in [5.41, 5.74) is 2.62. The van der Waals surface area contributed by atoms with Crippen molar-refractivity contribution < 1.29 is 19.3 Å². The van der Waals surface area contributed by atoms with Crippen LogP contribution in [-0.2, 0) is 9.47 Å². The van der Waals surface area contributed by atoms with E-state index in [0.29, 0.717) is 25.9 Å². The first-order chi connectivity index (χ1) is 14.2. The van der Waals surface area contributed by atoms with Crippen LogP contribution in [0.15, 0.2) is 42.5 Å². The standard InChI is InChI=1S/C24H31NO4/c1-27-23-6-10-25(11-7-23)16-22(26)17-29-24-5-4-20-14-19(2-3-21(20)15-24)18-8-12-28-13-9-18/h2-5,8,14-15,22-23,26H,6-7,9-13,16-17H2,1H3. The van der Waals surface area contributed by atoms with Crippen molar-refractivity contribution in [2.75, 3.05) is 46.6 Å². The van der Waals surface area contributed by atoms with Crippen molar-refractivity contribution in [2.24, 2.45) is 0 Å². The van der Waals surface area contributed by atoms with Crippen LogP contribution in [0.2, 0.25) is 0 Å². The molecule has 2 aromatic rings. The number of β-amino-alcohol motifs (C(OH)–C–C–N with tert-alkyl or cyclic N) is 1. The second-order valence-electron chi connectivity index (χ2n) is 7.98. The number of rotatable bonds is 7. The summed E-state index contributed by atoms with van der Waals surface area (Å²) in [6.07, 6.45) is 5.06. The van der Waals surface area contributed by atoms with Crippen LogP contribution in [0.25, 0.3) is 16.3 Å². The SMILES string of the molecule is COC1CCN(CC(O)COc2ccc3cc(C4=CCOCC4)ccc3c2)CC1. The summed E-state index contributed by atoms with van der Waals surface area (Å²) in [7, 11) is 1.77. The first-order valence-corrected chi connectivity index (χ1v) is 10.6. The largest absolute Gasteiger partial charge is 0.491 e. The molecule has 1 saturated heterocycles. The summed E-state index contributed by atoms with van der Waals surface area (Å²) < 4.78 is 16.7. The lowest BCUT2D eigenvalue weighted by Crippen LogP contribution is -2.42. The zero-order valence-electron chi connectivity index (χ0n) is 17.2. The van der Waals surface area contributed by atoms with Gasteiger partial charge in [-0.25, -0.2) is 0 Å². The molecule has 1 unspecified atom stereocenters. The Kier molecular flexibility index (Phi) is 6.82. The first-order valence-electron chi connectivity index (χ1n) is 10.6. The number of aliphatic hydroxyl groups is 1. The molecule has 0 aliphatic carbocycles. The summed E-state index contributed by atoms with van der Waals surface area (Å²) in [4.78, 5) is 2.29. The Bertz CT molecular complexity index is 842. The highest BCUT2D eigenvalue weighted by Crippen LogP contribution is 2.27. The molecule has 2 heterocycles. The summed E-state index contributed by atoms with van der Waals surface area (Å²) >= 11 is 0. The molecule has 2 aliphatic heterocycles. The lowest BCUT2D eigenvalue weighted by atomic mass is 9.98. The van der Waals surface area contributed by atoms with E-state index in [-0.39, 0.29) is 0 Å². The molecule has 1 N–H and O–H groups in total. The van der Waals surface area contributed by atoms with E-state index in [4.69, 9.17) is 14.2 Å². The highest BCUT2D eigenvalue weighted by molar-refractivity contribution is 5.87. The Labute approximate surface area is 172 Å². The minimum atomic E-state index is -0.493.